The highest BCUT2D eigenvalue weighted by molar-refractivity contribution is 5.64. The predicted octanol–water partition coefficient (Wildman–Crippen LogP) is 4.73. The van der Waals surface area contributed by atoms with Gasteiger partial charge in [-0.15, -0.1) is 0 Å². The summed E-state index contributed by atoms with van der Waals surface area (Å²) in [7, 11) is 0. The lowest BCUT2D eigenvalue weighted by molar-refractivity contribution is -0.203. The second kappa shape index (κ2) is 8.52. The fraction of sp³-hybridized carbons (Fsp3) is 0.962. The molecule has 4 aliphatic rings. The Morgan fingerprint density at radius 3 is 2.42 bits per heavy atom. The Morgan fingerprint density at radius 1 is 1.06 bits per heavy atom. The molecule has 5 nitrogen and oxygen atoms in total. The van der Waals surface area contributed by atoms with E-state index in [0.29, 0.717) is 48.0 Å². The molecule has 0 radical (unpaired) electrons. The number of aliphatic hydroxyl groups is 2. The van der Waals surface area contributed by atoms with Gasteiger partial charge in [-0.2, -0.15) is 0 Å². The van der Waals surface area contributed by atoms with Gasteiger partial charge < -0.3 is 20.7 Å². The zero-order valence-electron chi connectivity index (χ0n) is 20.1. The summed E-state index contributed by atoms with van der Waals surface area (Å²) in [5.41, 5.74) is 5.66. The molecule has 0 heterocycles. The Bertz CT molecular complexity index is 670. The highest BCUT2D eigenvalue weighted by atomic mass is 16.5. The quantitative estimate of drug-likeness (QED) is 0.582. The van der Waals surface area contributed by atoms with Gasteiger partial charge in [-0.3, -0.25) is 0 Å². The van der Waals surface area contributed by atoms with Gasteiger partial charge in [0.25, 0.3) is 0 Å². The van der Waals surface area contributed by atoms with Crippen molar-refractivity contribution in [3.8, 4) is 0 Å². The van der Waals surface area contributed by atoms with Crippen LogP contribution in [0, 0.1) is 52.3 Å². The largest absolute Gasteiger partial charge is 0.450 e. The van der Waals surface area contributed by atoms with Gasteiger partial charge in [-0.25, -0.2) is 4.79 Å². The summed E-state index contributed by atoms with van der Waals surface area (Å²) in [6.07, 6.45) is 8.52. The molecular weight excluding hydrogens is 390 g/mol. The van der Waals surface area contributed by atoms with Crippen molar-refractivity contribution in [2.24, 2.45) is 58.0 Å². The van der Waals surface area contributed by atoms with Gasteiger partial charge >= 0.3 is 6.09 Å². The number of hydrogen-bond acceptors (Lipinski definition) is 4. The molecule has 0 saturated heterocycles. The number of hydrogen-bond donors (Lipinski definition) is 3. The van der Waals surface area contributed by atoms with Crippen molar-refractivity contribution in [3.63, 3.8) is 0 Å². The summed E-state index contributed by atoms with van der Waals surface area (Å²) in [5, 5.41) is 22.2. The monoisotopic (exact) mass is 435 g/mol. The van der Waals surface area contributed by atoms with Crippen LogP contribution in [0.2, 0.25) is 0 Å². The lowest BCUT2D eigenvalue weighted by Gasteiger charge is -2.64. The van der Waals surface area contributed by atoms with Crippen LogP contribution in [0.15, 0.2) is 0 Å². The summed E-state index contributed by atoms with van der Waals surface area (Å²) in [4.78, 5) is 11.0. The van der Waals surface area contributed by atoms with E-state index in [1.165, 1.54) is 25.7 Å². The molecule has 0 spiro atoms. The number of carbonyl (C=O) groups excluding carboxylic acids is 1. The Kier molecular flexibility index (Phi) is 6.42. The zero-order valence-corrected chi connectivity index (χ0v) is 20.1. The highest BCUT2D eigenvalue weighted by Crippen LogP contribution is 2.69. The Balaban J connectivity index is 1.57. The van der Waals surface area contributed by atoms with E-state index in [1.807, 2.05) is 0 Å². The molecule has 5 heteroatoms. The number of amides is 1. The van der Waals surface area contributed by atoms with Crippen molar-refractivity contribution < 1.29 is 19.7 Å². The third-order valence-electron chi connectivity index (χ3n) is 11.0. The maximum atomic E-state index is 11.7. The minimum atomic E-state index is -0.681. The van der Waals surface area contributed by atoms with Gasteiger partial charge in [0.1, 0.15) is 0 Å². The number of ether oxygens (including phenoxy) is 1. The first-order chi connectivity index (χ1) is 14.6. The molecule has 4 aliphatic carbocycles. The number of aliphatic hydroxyl groups excluding tert-OH is 2. The highest BCUT2D eigenvalue weighted by Gasteiger charge is 2.64. The van der Waals surface area contributed by atoms with Crippen LogP contribution in [-0.4, -0.2) is 35.1 Å². The first-order valence-electron chi connectivity index (χ1n) is 12.9. The summed E-state index contributed by atoms with van der Waals surface area (Å²) in [6.45, 7) is 9.93. The maximum Gasteiger partial charge on any atom is 0.404 e. The second-order valence-corrected chi connectivity index (χ2v) is 12.1. The van der Waals surface area contributed by atoms with Gasteiger partial charge in [0.05, 0.1) is 18.8 Å². The Morgan fingerprint density at radius 2 is 1.74 bits per heavy atom. The van der Waals surface area contributed by atoms with Gasteiger partial charge in [-0.1, -0.05) is 34.1 Å². The average Bonchev–Trinajstić information content (AvgIpc) is 3.06. The molecule has 0 aromatic heterocycles. The minimum Gasteiger partial charge on any atom is -0.450 e. The normalized spacial score (nSPS) is 50.1. The Hall–Kier alpha value is -0.810. The van der Waals surface area contributed by atoms with E-state index in [4.69, 9.17) is 10.5 Å². The van der Waals surface area contributed by atoms with Crippen LogP contribution >= 0.6 is 0 Å². The van der Waals surface area contributed by atoms with Crippen molar-refractivity contribution in [2.45, 2.75) is 97.7 Å². The number of nitrogens with two attached hydrogens (primary N) is 1. The van der Waals surface area contributed by atoms with Crippen molar-refractivity contribution in [3.05, 3.63) is 0 Å². The smallest absolute Gasteiger partial charge is 0.404 e. The summed E-state index contributed by atoms with van der Waals surface area (Å²) >= 11 is 0. The van der Waals surface area contributed by atoms with E-state index >= 15 is 0 Å². The van der Waals surface area contributed by atoms with E-state index < -0.39 is 6.09 Å². The number of carbonyl (C=O) groups is 1. The molecule has 4 fully saturated rings. The zero-order chi connectivity index (χ0) is 22.6. The fourth-order valence-corrected chi connectivity index (χ4v) is 9.48. The summed E-state index contributed by atoms with van der Waals surface area (Å²) in [5.74, 6) is 3.40. The first-order valence-corrected chi connectivity index (χ1v) is 12.9. The first kappa shape index (κ1) is 23.4. The topological polar surface area (TPSA) is 92.8 Å². The standard InChI is InChI=1S/C26H45NO4/c1-5-17-21-14-16(28)8-11-26(21,4)20-9-12-25(3)18(15(2)10-13-31-24(27)30)6-7-19(25)22(20)23(17)29/h15-23,28-29H,5-14H2,1-4H3,(H2,27,30)/t15-,16-,17-,18-,19?,20+,21+,22+,23-,25-,26-/m1/s1. The molecular formula is C26H45NO4. The minimum absolute atomic E-state index is 0.191. The summed E-state index contributed by atoms with van der Waals surface area (Å²) in [6, 6.07) is 0. The van der Waals surface area contributed by atoms with Crippen LogP contribution in [0.4, 0.5) is 4.79 Å². The number of primary amides is 1. The molecule has 0 aromatic rings. The molecule has 1 unspecified atom stereocenters. The third kappa shape index (κ3) is 3.72. The van der Waals surface area contributed by atoms with Gasteiger partial charge in [0.2, 0.25) is 0 Å². The molecule has 0 aromatic carbocycles. The van der Waals surface area contributed by atoms with E-state index in [9.17, 15) is 15.0 Å². The lowest BCUT2D eigenvalue weighted by atomic mass is 9.41. The predicted molar refractivity (Wildman–Crippen MR) is 121 cm³/mol. The van der Waals surface area contributed by atoms with E-state index in [1.54, 1.807) is 0 Å². The number of fused-ring (bicyclic) bond motifs is 5. The summed E-state index contributed by atoms with van der Waals surface area (Å²) < 4.78 is 5.03. The van der Waals surface area contributed by atoms with Crippen molar-refractivity contribution in [2.75, 3.05) is 6.61 Å². The fourth-order valence-electron chi connectivity index (χ4n) is 9.48. The molecule has 0 aliphatic heterocycles. The van der Waals surface area contributed by atoms with Gasteiger partial charge in [0, 0.05) is 0 Å². The van der Waals surface area contributed by atoms with E-state index in [0.717, 1.165) is 32.1 Å². The molecule has 4 saturated carbocycles. The molecule has 4 N–H and O–H groups in total. The van der Waals surface area contributed by atoms with E-state index in [-0.39, 0.29) is 23.0 Å². The molecule has 178 valence electrons. The SMILES string of the molecule is CC[C@H]1[C@@H](O)[C@H]2C3CC[C@H]([C@H](C)CCOC(N)=O)[C@@]3(C)CC[C@@H]2[C@@]2(C)CC[C@@H](O)C[C@@H]12. The van der Waals surface area contributed by atoms with Crippen LogP contribution in [0.5, 0.6) is 0 Å². The van der Waals surface area contributed by atoms with Crippen LogP contribution in [0.25, 0.3) is 0 Å². The van der Waals surface area contributed by atoms with Crippen molar-refractivity contribution >= 4 is 6.09 Å². The molecule has 31 heavy (non-hydrogen) atoms. The Labute approximate surface area is 188 Å². The van der Waals surface area contributed by atoms with E-state index in [2.05, 4.69) is 27.7 Å². The molecule has 0 bridgehead atoms. The molecule has 4 rings (SSSR count). The molecule has 1 amide bonds. The van der Waals surface area contributed by atoms with Crippen LogP contribution in [-0.2, 0) is 4.74 Å². The number of rotatable bonds is 5. The van der Waals surface area contributed by atoms with Crippen molar-refractivity contribution in [1.29, 1.82) is 0 Å². The average molecular weight is 436 g/mol. The maximum absolute atomic E-state index is 11.7. The van der Waals surface area contributed by atoms with Crippen LogP contribution in [0.1, 0.15) is 85.5 Å². The second-order valence-electron chi connectivity index (χ2n) is 12.1. The van der Waals surface area contributed by atoms with Crippen LogP contribution < -0.4 is 5.73 Å². The molecule has 11 atom stereocenters. The lowest BCUT2D eigenvalue weighted by Crippen LogP contribution is -2.62. The third-order valence-corrected chi connectivity index (χ3v) is 11.0. The van der Waals surface area contributed by atoms with Gasteiger partial charge in [-0.05, 0) is 104 Å². The van der Waals surface area contributed by atoms with Crippen LogP contribution in [0.3, 0.4) is 0 Å². The van der Waals surface area contributed by atoms with Crippen molar-refractivity contribution in [1.82, 2.24) is 0 Å². The van der Waals surface area contributed by atoms with Gasteiger partial charge in [0.15, 0.2) is 0 Å².